The SMILES string of the molecule is O=C(NCCNc1nsc2ccccc12)c1ccc(Cl)c(Cl)c1. The topological polar surface area (TPSA) is 54.0 Å². The van der Waals surface area contributed by atoms with E-state index in [2.05, 4.69) is 15.0 Å². The van der Waals surface area contributed by atoms with E-state index in [1.165, 1.54) is 11.5 Å². The number of hydrogen-bond acceptors (Lipinski definition) is 4. The minimum Gasteiger partial charge on any atom is -0.367 e. The molecule has 0 fully saturated rings. The van der Waals surface area contributed by atoms with Gasteiger partial charge in [-0.25, -0.2) is 0 Å². The number of anilines is 1. The highest BCUT2D eigenvalue weighted by Gasteiger charge is 2.08. The molecule has 1 aromatic heterocycles. The summed E-state index contributed by atoms with van der Waals surface area (Å²) in [4.78, 5) is 12.0. The fraction of sp³-hybridized carbons (Fsp3) is 0.125. The van der Waals surface area contributed by atoms with E-state index >= 15 is 0 Å². The molecule has 0 aliphatic rings. The molecule has 118 valence electrons. The molecule has 7 heteroatoms. The first-order chi connectivity index (χ1) is 11.1. The standard InChI is InChI=1S/C16H13Cl2N3OS/c17-12-6-5-10(9-13(12)18)16(22)20-8-7-19-15-11-3-1-2-4-14(11)23-21-15/h1-6,9H,7-8H2,(H,19,21)(H,20,22). The van der Waals surface area contributed by atoms with Crippen LogP contribution in [0.3, 0.4) is 0 Å². The van der Waals surface area contributed by atoms with E-state index < -0.39 is 0 Å². The first kappa shape index (κ1) is 16.1. The fourth-order valence-electron chi connectivity index (χ4n) is 2.11. The third-order valence-electron chi connectivity index (χ3n) is 3.26. The Bertz CT molecular complexity index is 850. The number of hydrogen-bond donors (Lipinski definition) is 2. The molecule has 3 rings (SSSR count). The molecule has 4 nitrogen and oxygen atoms in total. The van der Waals surface area contributed by atoms with Gasteiger partial charge in [0.25, 0.3) is 5.91 Å². The number of rotatable bonds is 5. The first-order valence-electron chi connectivity index (χ1n) is 6.96. The number of aromatic nitrogens is 1. The van der Waals surface area contributed by atoms with Crippen molar-refractivity contribution in [2.75, 3.05) is 18.4 Å². The average Bonchev–Trinajstić information content (AvgIpc) is 2.97. The van der Waals surface area contributed by atoms with Crippen LogP contribution in [0.25, 0.3) is 10.1 Å². The van der Waals surface area contributed by atoms with Crippen molar-refractivity contribution in [1.82, 2.24) is 9.69 Å². The van der Waals surface area contributed by atoms with E-state index in [-0.39, 0.29) is 5.91 Å². The van der Waals surface area contributed by atoms with Crippen molar-refractivity contribution in [3.8, 4) is 0 Å². The van der Waals surface area contributed by atoms with E-state index in [1.54, 1.807) is 18.2 Å². The molecule has 0 atom stereocenters. The van der Waals surface area contributed by atoms with Crippen LogP contribution in [-0.4, -0.2) is 23.4 Å². The molecule has 1 heterocycles. The molecular weight excluding hydrogens is 353 g/mol. The summed E-state index contributed by atoms with van der Waals surface area (Å²) in [6.45, 7) is 1.06. The number of carbonyl (C=O) groups is 1. The number of carbonyl (C=O) groups excluding carboxylic acids is 1. The molecule has 2 N–H and O–H groups in total. The van der Waals surface area contributed by atoms with Crippen molar-refractivity contribution >= 4 is 56.5 Å². The van der Waals surface area contributed by atoms with Crippen LogP contribution >= 0.6 is 34.7 Å². The fourth-order valence-corrected chi connectivity index (χ4v) is 3.16. The summed E-state index contributed by atoms with van der Waals surface area (Å²) in [6.07, 6.45) is 0. The Labute approximate surface area is 147 Å². The largest absolute Gasteiger partial charge is 0.367 e. The monoisotopic (exact) mass is 365 g/mol. The number of fused-ring (bicyclic) bond motifs is 1. The predicted octanol–water partition coefficient (Wildman–Crippen LogP) is 4.45. The number of amides is 1. The molecule has 3 aromatic rings. The van der Waals surface area contributed by atoms with Crippen LogP contribution in [-0.2, 0) is 0 Å². The summed E-state index contributed by atoms with van der Waals surface area (Å²) in [5.41, 5.74) is 0.485. The molecule has 0 unspecified atom stereocenters. The van der Waals surface area contributed by atoms with Crippen molar-refractivity contribution in [3.05, 3.63) is 58.1 Å². The lowest BCUT2D eigenvalue weighted by Gasteiger charge is -2.07. The molecule has 0 radical (unpaired) electrons. The van der Waals surface area contributed by atoms with Crippen molar-refractivity contribution in [3.63, 3.8) is 0 Å². The van der Waals surface area contributed by atoms with Gasteiger partial charge in [-0.3, -0.25) is 4.79 Å². The second-order valence-electron chi connectivity index (χ2n) is 4.84. The lowest BCUT2D eigenvalue weighted by molar-refractivity contribution is 0.0955. The Hall–Kier alpha value is -1.82. The molecule has 0 bridgehead atoms. The zero-order chi connectivity index (χ0) is 16.2. The Morgan fingerprint density at radius 3 is 2.74 bits per heavy atom. The van der Waals surface area contributed by atoms with Crippen LogP contribution in [0.4, 0.5) is 5.82 Å². The smallest absolute Gasteiger partial charge is 0.251 e. The molecule has 2 aromatic carbocycles. The van der Waals surface area contributed by atoms with Crippen molar-refractivity contribution in [2.45, 2.75) is 0 Å². The van der Waals surface area contributed by atoms with Gasteiger partial charge in [-0.2, -0.15) is 4.37 Å². The number of halogens is 2. The number of nitrogens with one attached hydrogen (secondary N) is 2. The third kappa shape index (κ3) is 3.75. The van der Waals surface area contributed by atoms with Gasteiger partial charge >= 0.3 is 0 Å². The number of nitrogens with zero attached hydrogens (tertiary/aromatic N) is 1. The summed E-state index contributed by atoms with van der Waals surface area (Å²) in [6, 6.07) is 12.8. The molecule has 0 saturated carbocycles. The summed E-state index contributed by atoms with van der Waals surface area (Å²) in [5, 5.41) is 7.95. The van der Waals surface area contributed by atoms with Crippen LogP contribution < -0.4 is 10.6 Å². The third-order valence-corrected chi connectivity index (χ3v) is 4.83. The van der Waals surface area contributed by atoms with E-state index in [0.717, 1.165) is 15.9 Å². The summed E-state index contributed by atoms with van der Waals surface area (Å²) < 4.78 is 5.51. The molecule has 0 spiro atoms. The highest BCUT2D eigenvalue weighted by molar-refractivity contribution is 7.13. The summed E-state index contributed by atoms with van der Waals surface area (Å²) in [7, 11) is 0. The van der Waals surface area contributed by atoms with Gasteiger partial charge in [0.05, 0.1) is 14.7 Å². The zero-order valence-corrected chi connectivity index (χ0v) is 14.3. The van der Waals surface area contributed by atoms with Gasteiger partial charge in [-0.15, -0.1) is 0 Å². The average molecular weight is 366 g/mol. The molecule has 23 heavy (non-hydrogen) atoms. The van der Waals surface area contributed by atoms with Gasteiger partial charge in [0.2, 0.25) is 0 Å². The van der Waals surface area contributed by atoms with Crippen molar-refractivity contribution < 1.29 is 4.79 Å². The van der Waals surface area contributed by atoms with Crippen LogP contribution in [0.5, 0.6) is 0 Å². The van der Waals surface area contributed by atoms with E-state index in [4.69, 9.17) is 23.2 Å². The highest BCUT2D eigenvalue weighted by atomic mass is 35.5. The second kappa shape index (κ2) is 7.17. The zero-order valence-electron chi connectivity index (χ0n) is 12.0. The van der Waals surface area contributed by atoms with Crippen LogP contribution in [0.2, 0.25) is 10.0 Å². The molecule has 0 saturated heterocycles. The highest BCUT2D eigenvalue weighted by Crippen LogP contribution is 2.25. The van der Waals surface area contributed by atoms with Crippen LogP contribution in [0.15, 0.2) is 42.5 Å². The Morgan fingerprint density at radius 2 is 1.91 bits per heavy atom. The van der Waals surface area contributed by atoms with Crippen LogP contribution in [0, 0.1) is 0 Å². The van der Waals surface area contributed by atoms with E-state index in [1.807, 2.05) is 24.3 Å². The molecule has 1 amide bonds. The minimum atomic E-state index is -0.187. The summed E-state index contributed by atoms with van der Waals surface area (Å²) >= 11 is 13.2. The lowest BCUT2D eigenvalue weighted by Crippen LogP contribution is -2.28. The quantitative estimate of drug-likeness (QED) is 0.656. The minimum absolute atomic E-state index is 0.187. The Morgan fingerprint density at radius 1 is 1.09 bits per heavy atom. The lowest BCUT2D eigenvalue weighted by atomic mass is 10.2. The van der Waals surface area contributed by atoms with E-state index in [0.29, 0.717) is 28.7 Å². The van der Waals surface area contributed by atoms with Gasteiger partial charge in [0.15, 0.2) is 0 Å². The maximum Gasteiger partial charge on any atom is 0.251 e. The van der Waals surface area contributed by atoms with Gasteiger partial charge in [0.1, 0.15) is 5.82 Å². The van der Waals surface area contributed by atoms with Crippen molar-refractivity contribution in [1.29, 1.82) is 0 Å². The Kier molecular flexibility index (Phi) is 5.00. The number of benzene rings is 2. The molecular formula is C16H13Cl2N3OS. The van der Waals surface area contributed by atoms with Crippen LogP contribution in [0.1, 0.15) is 10.4 Å². The molecule has 0 aliphatic carbocycles. The van der Waals surface area contributed by atoms with Gasteiger partial charge in [-0.05, 0) is 41.9 Å². The predicted molar refractivity (Wildman–Crippen MR) is 96.9 cm³/mol. The maximum atomic E-state index is 12.0. The second-order valence-corrected chi connectivity index (χ2v) is 6.46. The summed E-state index contributed by atoms with van der Waals surface area (Å²) in [5.74, 6) is 0.655. The molecule has 0 aliphatic heterocycles. The van der Waals surface area contributed by atoms with E-state index in [9.17, 15) is 4.79 Å². The van der Waals surface area contributed by atoms with Gasteiger partial charge in [0, 0.05) is 24.0 Å². The van der Waals surface area contributed by atoms with Crippen molar-refractivity contribution in [2.24, 2.45) is 0 Å². The normalized spacial score (nSPS) is 10.7. The van der Waals surface area contributed by atoms with Gasteiger partial charge in [-0.1, -0.05) is 35.3 Å². The van der Waals surface area contributed by atoms with Gasteiger partial charge < -0.3 is 10.6 Å². The Balaban J connectivity index is 1.53. The first-order valence-corrected chi connectivity index (χ1v) is 8.49. The maximum absolute atomic E-state index is 12.0.